The molecule has 2 saturated heterocycles. The molecule has 0 radical (unpaired) electrons. The SMILES string of the molecule is CCC(C)c1cccc(C(C)CC)c1COP1OCC2(CO1)COP(OCc1c(C(C)CC)cccc1C(C)CC)OC2. The third kappa shape index (κ3) is 8.66. The average molecular weight is 633 g/mol. The van der Waals surface area contributed by atoms with Crippen molar-refractivity contribution in [2.75, 3.05) is 26.4 Å². The summed E-state index contributed by atoms with van der Waals surface area (Å²) in [6.45, 7) is 21.1. The predicted molar refractivity (Wildman–Crippen MR) is 177 cm³/mol. The molecule has 0 saturated carbocycles. The Morgan fingerprint density at radius 2 is 0.837 bits per heavy atom. The molecule has 0 bridgehead atoms. The van der Waals surface area contributed by atoms with Gasteiger partial charge >= 0.3 is 17.2 Å². The van der Waals surface area contributed by atoms with Crippen molar-refractivity contribution in [3.63, 3.8) is 0 Å². The van der Waals surface area contributed by atoms with Gasteiger partial charge in [0.05, 0.1) is 45.1 Å². The van der Waals surface area contributed by atoms with Gasteiger partial charge in [-0.05, 0) is 82.7 Å². The Kier molecular flexibility index (Phi) is 13.5. The van der Waals surface area contributed by atoms with Crippen molar-refractivity contribution in [1.82, 2.24) is 0 Å². The summed E-state index contributed by atoms with van der Waals surface area (Å²) in [5.41, 5.74) is 7.73. The minimum Gasteiger partial charge on any atom is -0.311 e. The Morgan fingerprint density at radius 1 is 0.558 bits per heavy atom. The molecule has 1 spiro atoms. The molecule has 2 aromatic rings. The minimum atomic E-state index is -1.43. The van der Waals surface area contributed by atoms with E-state index >= 15 is 0 Å². The fourth-order valence-electron chi connectivity index (χ4n) is 5.77. The van der Waals surface area contributed by atoms with Crippen LogP contribution in [0.1, 0.15) is 138 Å². The zero-order chi connectivity index (χ0) is 31.0. The summed E-state index contributed by atoms with van der Waals surface area (Å²) < 4.78 is 37.1. The van der Waals surface area contributed by atoms with Gasteiger partial charge in [-0.1, -0.05) is 91.8 Å². The molecule has 2 fully saturated rings. The van der Waals surface area contributed by atoms with Gasteiger partial charge in [0.1, 0.15) is 0 Å². The molecule has 2 aliphatic heterocycles. The van der Waals surface area contributed by atoms with E-state index in [1.54, 1.807) is 0 Å². The molecule has 0 amide bonds. The van der Waals surface area contributed by atoms with Crippen LogP contribution in [-0.4, -0.2) is 26.4 Å². The molecule has 8 heteroatoms. The standard InChI is InChI=1S/C35H54O6P2/c1-9-25(5)29-15-13-16-30(26(6)10-2)33(29)19-36-42-38-21-35(22-39-42)23-40-43(41-24-35)37-20-34-31(27(7)11-3)17-14-18-32(34)28(8)12-4/h13-18,25-28H,9-12,19-24H2,1-8H3. The molecule has 43 heavy (non-hydrogen) atoms. The van der Waals surface area contributed by atoms with Crippen LogP contribution in [0.5, 0.6) is 0 Å². The van der Waals surface area contributed by atoms with Crippen molar-refractivity contribution in [2.45, 2.75) is 118 Å². The topological polar surface area (TPSA) is 55.4 Å². The van der Waals surface area contributed by atoms with Crippen LogP contribution in [0, 0.1) is 5.41 Å². The Hall–Kier alpha value is -0.940. The van der Waals surface area contributed by atoms with Crippen LogP contribution >= 0.6 is 17.2 Å². The summed E-state index contributed by atoms with van der Waals surface area (Å²) in [4.78, 5) is 0. The minimum absolute atomic E-state index is 0.336. The number of rotatable bonds is 14. The van der Waals surface area contributed by atoms with Gasteiger partial charge in [-0.15, -0.1) is 0 Å². The first kappa shape index (κ1) is 34.9. The average Bonchev–Trinajstić information content (AvgIpc) is 3.06. The zero-order valence-electron chi connectivity index (χ0n) is 27.7. The van der Waals surface area contributed by atoms with Gasteiger partial charge in [-0.3, -0.25) is 0 Å². The Morgan fingerprint density at radius 3 is 1.09 bits per heavy atom. The number of hydrogen-bond acceptors (Lipinski definition) is 6. The Labute approximate surface area is 263 Å². The van der Waals surface area contributed by atoms with Crippen molar-refractivity contribution in [2.24, 2.45) is 5.41 Å². The van der Waals surface area contributed by atoms with Crippen molar-refractivity contribution in [3.8, 4) is 0 Å². The van der Waals surface area contributed by atoms with Crippen molar-refractivity contribution in [1.29, 1.82) is 0 Å². The Balaban J connectivity index is 1.31. The lowest BCUT2D eigenvalue weighted by Gasteiger charge is -2.41. The van der Waals surface area contributed by atoms with Crippen molar-refractivity contribution >= 4 is 17.2 Å². The molecule has 4 unspecified atom stereocenters. The second kappa shape index (κ2) is 16.6. The highest BCUT2D eigenvalue weighted by Crippen LogP contribution is 2.54. The van der Waals surface area contributed by atoms with Gasteiger partial charge in [0, 0.05) is 0 Å². The fourth-order valence-corrected chi connectivity index (χ4v) is 8.21. The monoisotopic (exact) mass is 632 g/mol. The lowest BCUT2D eigenvalue weighted by molar-refractivity contribution is -0.0772. The molecule has 0 N–H and O–H groups in total. The smallest absolute Gasteiger partial charge is 0.311 e. The van der Waals surface area contributed by atoms with Gasteiger partial charge in [0.15, 0.2) is 0 Å². The lowest BCUT2D eigenvalue weighted by Crippen LogP contribution is -2.44. The van der Waals surface area contributed by atoms with E-state index in [1.807, 2.05) is 0 Å². The van der Waals surface area contributed by atoms with E-state index in [1.165, 1.54) is 33.4 Å². The fraction of sp³-hybridized carbons (Fsp3) is 0.657. The molecule has 2 aromatic carbocycles. The zero-order valence-corrected chi connectivity index (χ0v) is 29.5. The second-order valence-corrected chi connectivity index (χ2v) is 15.1. The molecular weight excluding hydrogens is 578 g/mol. The van der Waals surface area contributed by atoms with Crippen LogP contribution in [0.4, 0.5) is 0 Å². The summed E-state index contributed by atoms with van der Waals surface area (Å²) in [7, 11) is -2.85. The van der Waals surface area contributed by atoms with Crippen LogP contribution in [-0.2, 0) is 40.4 Å². The van der Waals surface area contributed by atoms with Crippen molar-refractivity contribution in [3.05, 3.63) is 69.8 Å². The third-order valence-corrected chi connectivity index (χ3v) is 11.6. The Bertz CT molecular complexity index is 994. The molecular formula is C35H54O6P2. The first-order valence-corrected chi connectivity index (χ1v) is 18.6. The van der Waals surface area contributed by atoms with E-state index in [4.69, 9.17) is 27.1 Å². The molecule has 2 aliphatic rings. The van der Waals surface area contributed by atoms with E-state index in [0.717, 1.165) is 25.7 Å². The van der Waals surface area contributed by atoms with Crippen LogP contribution in [0.15, 0.2) is 36.4 Å². The normalized spacial score (nSPS) is 25.4. The van der Waals surface area contributed by atoms with Crippen LogP contribution in [0.3, 0.4) is 0 Å². The van der Waals surface area contributed by atoms with Crippen LogP contribution < -0.4 is 0 Å². The highest BCUT2D eigenvalue weighted by Gasteiger charge is 2.44. The third-order valence-electron chi connectivity index (χ3n) is 9.60. The van der Waals surface area contributed by atoms with E-state index in [9.17, 15) is 0 Å². The molecule has 4 atom stereocenters. The number of benzene rings is 2. The summed E-state index contributed by atoms with van der Waals surface area (Å²) >= 11 is 0. The van der Waals surface area contributed by atoms with Crippen molar-refractivity contribution < 1.29 is 27.1 Å². The largest absolute Gasteiger partial charge is 0.333 e. The van der Waals surface area contributed by atoms with E-state index in [2.05, 4.69) is 91.8 Å². The van der Waals surface area contributed by atoms with Crippen LogP contribution in [0.25, 0.3) is 0 Å². The summed E-state index contributed by atoms with van der Waals surface area (Å²) in [5.74, 6) is 1.91. The molecule has 240 valence electrons. The molecule has 4 rings (SSSR count). The maximum absolute atomic E-state index is 6.28. The molecule has 0 aromatic heterocycles. The highest BCUT2D eigenvalue weighted by molar-refractivity contribution is 7.42. The summed E-state index contributed by atoms with van der Waals surface area (Å²) in [5, 5.41) is 0. The predicted octanol–water partition coefficient (Wildman–Crippen LogP) is 11.0. The van der Waals surface area contributed by atoms with E-state index in [-0.39, 0.29) is 5.41 Å². The quantitative estimate of drug-likeness (QED) is 0.193. The molecule has 2 heterocycles. The van der Waals surface area contributed by atoms with Gasteiger partial charge in [-0.25, -0.2) is 0 Å². The maximum Gasteiger partial charge on any atom is 0.333 e. The van der Waals surface area contributed by atoms with Gasteiger partial charge in [0.25, 0.3) is 0 Å². The highest BCUT2D eigenvalue weighted by atomic mass is 31.2. The number of hydrogen-bond donors (Lipinski definition) is 0. The first-order valence-electron chi connectivity index (χ1n) is 16.4. The van der Waals surface area contributed by atoms with Crippen LogP contribution in [0.2, 0.25) is 0 Å². The first-order chi connectivity index (χ1) is 20.8. The molecule has 6 nitrogen and oxygen atoms in total. The second-order valence-electron chi connectivity index (χ2n) is 12.7. The maximum atomic E-state index is 6.28. The van der Waals surface area contributed by atoms with Gasteiger partial charge in [-0.2, -0.15) is 0 Å². The van der Waals surface area contributed by atoms with E-state index < -0.39 is 17.2 Å². The summed E-state index contributed by atoms with van der Waals surface area (Å²) in [6.07, 6.45) is 4.38. The van der Waals surface area contributed by atoms with E-state index in [0.29, 0.717) is 63.3 Å². The van der Waals surface area contributed by atoms with Gasteiger partial charge < -0.3 is 27.1 Å². The lowest BCUT2D eigenvalue weighted by atomic mass is 9.86. The summed E-state index contributed by atoms with van der Waals surface area (Å²) in [6, 6.07) is 13.4. The molecule has 0 aliphatic carbocycles. The van der Waals surface area contributed by atoms with Gasteiger partial charge in [0.2, 0.25) is 0 Å².